The fourth-order valence-electron chi connectivity index (χ4n) is 2.59. The van der Waals surface area contributed by atoms with E-state index in [1.807, 2.05) is 12.1 Å². The summed E-state index contributed by atoms with van der Waals surface area (Å²) in [6.07, 6.45) is 1.12. The molecule has 0 fully saturated rings. The van der Waals surface area contributed by atoms with Crippen LogP contribution in [0.1, 0.15) is 46.6 Å². The molecular weight excluding hydrogens is 240 g/mol. The SMILES string of the molecule is CC(C)(C)CC(C)(C)[NH2+]Cc1ccc([N+](=O)[O-])cc1. The first-order valence-corrected chi connectivity index (χ1v) is 6.67. The van der Waals surface area contributed by atoms with Crippen molar-refractivity contribution in [3.8, 4) is 0 Å². The molecule has 0 unspecified atom stereocenters. The molecule has 0 aromatic heterocycles. The predicted octanol–water partition coefficient (Wildman–Crippen LogP) is 2.87. The molecule has 0 aliphatic rings. The molecule has 0 heterocycles. The number of hydrogen-bond acceptors (Lipinski definition) is 2. The Labute approximate surface area is 115 Å². The van der Waals surface area contributed by atoms with Crippen LogP contribution in [0.25, 0.3) is 0 Å². The van der Waals surface area contributed by atoms with Crippen LogP contribution in [0.5, 0.6) is 0 Å². The number of rotatable bonds is 5. The first kappa shape index (κ1) is 15.6. The minimum Gasteiger partial charge on any atom is -0.338 e. The summed E-state index contributed by atoms with van der Waals surface area (Å²) in [6, 6.07) is 6.81. The second kappa shape index (κ2) is 5.70. The van der Waals surface area contributed by atoms with Gasteiger partial charge >= 0.3 is 0 Å². The van der Waals surface area contributed by atoms with Gasteiger partial charge in [0.25, 0.3) is 5.69 Å². The van der Waals surface area contributed by atoms with Crippen molar-refractivity contribution < 1.29 is 10.2 Å². The van der Waals surface area contributed by atoms with Gasteiger partial charge in [0, 0.05) is 24.1 Å². The zero-order chi connectivity index (χ0) is 14.7. The zero-order valence-corrected chi connectivity index (χ0v) is 12.6. The van der Waals surface area contributed by atoms with Crippen LogP contribution in [0.15, 0.2) is 24.3 Å². The van der Waals surface area contributed by atoms with Crippen LogP contribution < -0.4 is 5.32 Å². The van der Waals surface area contributed by atoms with Crippen molar-refractivity contribution in [1.82, 2.24) is 0 Å². The van der Waals surface area contributed by atoms with Gasteiger partial charge in [-0.05, 0) is 31.4 Å². The third-order valence-corrected chi connectivity index (χ3v) is 3.02. The number of nitro groups is 1. The lowest BCUT2D eigenvalue weighted by Gasteiger charge is -2.30. The second-order valence-corrected chi connectivity index (χ2v) is 7.06. The minimum absolute atomic E-state index is 0.151. The number of nitrogens with two attached hydrogens (primary N) is 1. The van der Waals surface area contributed by atoms with Gasteiger partial charge in [-0.3, -0.25) is 10.1 Å². The quantitative estimate of drug-likeness (QED) is 0.657. The molecule has 1 rings (SSSR count). The van der Waals surface area contributed by atoms with E-state index in [1.54, 1.807) is 12.1 Å². The Balaban J connectivity index is 2.59. The van der Waals surface area contributed by atoms with Crippen molar-refractivity contribution in [2.75, 3.05) is 0 Å². The molecule has 4 heteroatoms. The van der Waals surface area contributed by atoms with Crippen LogP contribution >= 0.6 is 0 Å². The third kappa shape index (κ3) is 5.83. The van der Waals surface area contributed by atoms with Gasteiger partial charge in [0.1, 0.15) is 6.54 Å². The first-order valence-electron chi connectivity index (χ1n) is 6.67. The highest BCUT2D eigenvalue weighted by molar-refractivity contribution is 5.32. The molecule has 0 aliphatic heterocycles. The molecule has 0 amide bonds. The van der Waals surface area contributed by atoms with E-state index in [1.165, 1.54) is 0 Å². The summed E-state index contributed by atoms with van der Waals surface area (Å²) in [6.45, 7) is 12.1. The number of nitro benzene ring substituents is 1. The Morgan fingerprint density at radius 1 is 1.11 bits per heavy atom. The zero-order valence-electron chi connectivity index (χ0n) is 12.6. The molecular formula is C15H25N2O2+. The largest absolute Gasteiger partial charge is 0.338 e. The van der Waals surface area contributed by atoms with E-state index in [2.05, 4.69) is 39.9 Å². The van der Waals surface area contributed by atoms with Crippen LogP contribution in [-0.4, -0.2) is 10.5 Å². The lowest BCUT2D eigenvalue weighted by molar-refractivity contribution is -0.737. The summed E-state index contributed by atoms with van der Waals surface area (Å²) in [7, 11) is 0. The lowest BCUT2D eigenvalue weighted by Crippen LogP contribution is -2.94. The lowest BCUT2D eigenvalue weighted by atomic mass is 9.82. The fourth-order valence-corrected chi connectivity index (χ4v) is 2.59. The Hall–Kier alpha value is -1.42. The highest BCUT2D eigenvalue weighted by atomic mass is 16.6. The summed E-state index contributed by atoms with van der Waals surface area (Å²) < 4.78 is 0. The van der Waals surface area contributed by atoms with Crippen molar-refractivity contribution in [2.24, 2.45) is 5.41 Å². The van der Waals surface area contributed by atoms with Gasteiger partial charge in [0.2, 0.25) is 0 Å². The molecule has 2 N–H and O–H groups in total. The molecule has 4 nitrogen and oxygen atoms in total. The highest BCUT2D eigenvalue weighted by Crippen LogP contribution is 2.24. The summed E-state index contributed by atoms with van der Waals surface area (Å²) in [5.41, 5.74) is 1.74. The predicted molar refractivity (Wildman–Crippen MR) is 76.9 cm³/mol. The minimum atomic E-state index is -0.364. The summed E-state index contributed by atoms with van der Waals surface area (Å²) in [4.78, 5) is 10.2. The van der Waals surface area contributed by atoms with E-state index in [4.69, 9.17) is 0 Å². The van der Waals surface area contributed by atoms with Crippen molar-refractivity contribution in [3.63, 3.8) is 0 Å². The number of non-ortho nitro benzene ring substituents is 1. The van der Waals surface area contributed by atoms with Crippen molar-refractivity contribution in [1.29, 1.82) is 0 Å². The fraction of sp³-hybridized carbons (Fsp3) is 0.600. The van der Waals surface area contributed by atoms with Gasteiger partial charge < -0.3 is 5.32 Å². The summed E-state index contributed by atoms with van der Waals surface area (Å²) in [5, 5.41) is 12.9. The first-order chi connectivity index (χ1) is 8.59. The summed E-state index contributed by atoms with van der Waals surface area (Å²) in [5.74, 6) is 0. The third-order valence-electron chi connectivity index (χ3n) is 3.02. The molecule has 0 bridgehead atoms. The molecule has 0 saturated heterocycles. The maximum Gasteiger partial charge on any atom is 0.269 e. The van der Waals surface area contributed by atoms with Crippen molar-refractivity contribution >= 4 is 5.69 Å². The van der Waals surface area contributed by atoms with Gasteiger partial charge in [0.05, 0.1) is 10.5 Å². The van der Waals surface area contributed by atoms with Crippen molar-refractivity contribution in [2.45, 2.75) is 53.1 Å². The average molecular weight is 265 g/mol. The Morgan fingerprint density at radius 3 is 2.05 bits per heavy atom. The molecule has 0 radical (unpaired) electrons. The van der Waals surface area contributed by atoms with E-state index >= 15 is 0 Å². The van der Waals surface area contributed by atoms with Gasteiger partial charge in [-0.25, -0.2) is 0 Å². The Morgan fingerprint density at radius 2 is 1.63 bits per heavy atom. The maximum absolute atomic E-state index is 10.6. The van der Waals surface area contributed by atoms with Gasteiger partial charge in [-0.15, -0.1) is 0 Å². The van der Waals surface area contributed by atoms with Crippen LogP contribution in [0.3, 0.4) is 0 Å². The van der Waals surface area contributed by atoms with Crippen molar-refractivity contribution in [3.05, 3.63) is 39.9 Å². The molecule has 106 valence electrons. The Kier molecular flexibility index (Phi) is 4.69. The molecule has 0 aliphatic carbocycles. The van der Waals surface area contributed by atoms with E-state index in [-0.39, 0.29) is 16.1 Å². The second-order valence-electron chi connectivity index (χ2n) is 7.06. The summed E-state index contributed by atoms with van der Waals surface area (Å²) >= 11 is 0. The van der Waals surface area contributed by atoms with E-state index < -0.39 is 0 Å². The van der Waals surface area contributed by atoms with E-state index in [0.29, 0.717) is 5.41 Å². The molecule has 0 atom stereocenters. The van der Waals surface area contributed by atoms with Crippen LogP contribution in [0.2, 0.25) is 0 Å². The molecule has 0 saturated carbocycles. The van der Waals surface area contributed by atoms with Gasteiger partial charge in [-0.1, -0.05) is 20.8 Å². The van der Waals surface area contributed by atoms with E-state index in [0.717, 1.165) is 18.5 Å². The number of nitrogens with zero attached hydrogens (tertiary/aromatic N) is 1. The van der Waals surface area contributed by atoms with Gasteiger partial charge in [-0.2, -0.15) is 0 Å². The smallest absolute Gasteiger partial charge is 0.269 e. The number of hydrogen-bond donors (Lipinski definition) is 1. The van der Waals surface area contributed by atoms with E-state index in [9.17, 15) is 10.1 Å². The maximum atomic E-state index is 10.6. The normalized spacial score (nSPS) is 12.5. The standard InChI is InChI=1S/C15H24N2O2/c1-14(2,3)11-15(4,5)16-10-12-6-8-13(9-7-12)17(18)19/h6-9,16H,10-11H2,1-5H3/p+1. The average Bonchev–Trinajstić information content (AvgIpc) is 2.24. The molecule has 1 aromatic carbocycles. The number of benzene rings is 1. The topological polar surface area (TPSA) is 59.8 Å². The monoisotopic (exact) mass is 265 g/mol. The number of quaternary nitrogens is 1. The Bertz CT molecular complexity index is 430. The molecule has 0 spiro atoms. The van der Waals surface area contributed by atoms with Crippen LogP contribution in [0.4, 0.5) is 5.69 Å². The van der Waals surface area contributed by atoms with Gasteiger partial charge in [0.15, 0.2) is 0 Å². The highest BCUT2D eigenvalue weighted by Gasteiger charge is 2.28. The molecule has 1 aromatic rings. The van der Waals surface area contributed by atoms with Crippen LogP contribution in [0, 0.1) is 15.5 Å². The van der Waals surface area contributed by atoms with Crippen LogP contribution in [-0.2, 0) is 6.54 Å². The molecule has 19 heavy (non-hydrogen) atoms.